The van der Waals surface area contributed by atoms with E-state index in [1.54, 1.807) is 24.0 Å². The number of benzene rings is 1. The first-order valence-corrected chi connectivity index (χ1v) is 10.2. The van der Waals surface area contributed by atoms with E-state index in [1.807, 2.05) is 6.07 Å². The van der Waals surface area contributed by atoms with Gasteiger partial charge >= 0.3 is 6.01 Å². The third-order valence-electron chi connectivity index (χ3n) is 4.96. The highest BCUT2D eigenvalue weighted by atomic mass is 32.2. The summed E-state index contributed by atoms with van der Waals surface area (Å²) in [5.74, 6) is 0.799. The van der Waals surface area contributed by atoms with Crippen LogP contribution in [0.15, 0.2) is 27.5 Å². The van der Waals surface area contributed by atoms with Crippen molar-refractivity contribution in [3.63, 3.8) is 0 Å². The van der Waals surface area contributed by atoms with Gasteiger partial charge in [0.1, 0.15) is 16.8 Å². The van der Waals surface area contributed by atoms with Gasteiger partial charge in [-0.05, 0) is 11.6 Å². The molecule has 146 valence electrons. The van der Waals surface area contributed by atoms with Crippen molar-refractivity contribution in [2.24, 2.45) is 0 Å². The molecular weight excluding hydrogens is 375 g/mol. The summed E-state index contributed by atoms with van der Waals surface area (Å²) < 4.78 is 52.4. The highest BCUT2D eigenvalue weighted by Crippen LogP contribution is 2.35. The van der Waals surface area contributed by atoms with E-state index in [-0.39, 0.29) is 30.4 Å². The molecule has 1 fully saturated rings. The van der Waals surface area contributed by atoms with Crippen LogP contribution in [0.3, 0.4) is 0 Å². The molecular formula is C17H21FN4O4S. The van der Waals surface area contributed by atoms with E-state index in [0.717, 1.165) is 5.56 Å². The largest absolute Gasteiger partial charge is 0.492 e. The molecule has 1 aromatic heterocycles. The van der Waals surface area contributed by atoms with Crippen LogP contribution >= 0.6 is 0 Å². The van der Waals surface area contributed by atoms with E-state index in [9.17, 15) is 12.8 Å². The first-order valence-electron chi connectivity index (χ1n) is 8.78. The van der Waals surface area contributed by atoms with E-state index in [1.165, 1.54) is 11.4 Å². The number of aryl methyl sites for hydroxylation is 1. The summed E-state index contributed by atoms with van der Waals surface area (Å²) in [6, 6.07) is 4.95. The van der Waals surface area contributed by atoms with E-state index in [0.29, 0.717) is 24.7 Å². The molecule has 0 saturated carbocycles. The minimum atomic E-state index is -3.78. The van der Waals surface area contributed by atoms with Crippen LogP contribution in [0.5, 0.6) is 5.75 Å². The number of para-hydroxylation sites is 1. The summed E-state index contributed by atoms with van der Waals surface area (Å²) in [5, 5.41) is 7.72. The van der Waals surface area contributed by atoms with Gasteiger partial charge in [-0.15, -0.1) is 5.10 Å². The zero-order valence-corrected chi connectivity index (χ0v) is 15.9. The van der Waals surface area contributed by atoms with Crippen LogP contribution in [0.1, 0.15) is 17.9 Å². The summed E-state index contributed by atoms with van der Waals surface area (Å²) in [6.07, 6.45) is -0.189. The van der Waals surface area contributed by atoms with Crippen LogP contribution in [0.4, 0.5) is 10.4 Å². The predicted octanol–water partition coefficient (Wildman–Crippen LogP) is 1.55. The third kappa shape index (κ3) is 3.27. The molecule has 2 atom stereocenters. The number of sulfonamides is 1. The second kappa shape index (κ2) is 6.75. The van der Waals surface area contributed by atoms with Crippen LogP contribution in [0.2, 0.25) is 0 Å². The molecule has 0 spiro atoms. The monoisotopic (exact) mass is 396 g/mol. The Morgan fingerprint density at radius 2 is 2.19 bits per heavy atom. The summed E-state index contributed by atoms with van der Waals surface area (Å²) in [4.78, 5) is 1.79. The second-order valence-corrected chi connectivity index (χ2v) is 8.88. The minimum Gasteiger partial charge on any atom is -0.492 e. The number of alkyl halides is 1. The predicted molar refractivity (Wildman–Crippen MR) is 95.1 cm³/mol. The smallest absolute Gasteiger partial charge is 0.318 e. The lowest BCUT2D eigenvalue weighted by Gasteiger charge is -2.27. The molecule has 2 aliphatic rings. The SMILES string of the molecule is Cc1nnc(N2C[C@@H](F)C[C@H]2CN(C)S(=O)(=O)c2cccc3c2OCC3)o1. The maximum Gasteiger partial charge on any atom is 0.318 e. The standard InChI is InChI=1S/C17H21FN4O4S/c1-11-19-20-17(26-11)22-9-13(18)8-14(22)10-21(2)27(23,24)15-5-3-4-12-6-7-25-16(12)15/h3-5,13-14H,6-10H2,1-2H3/t13-,14-/m0/s1. The molecule has 0 radical (unpaired) electrons. The molecule has 1 saturated heterocycles. The maximum atomic E-state index is 14.0. The number of fused-ring (bicyclic) bond motifs is 1. The molecule has 0 amide bonds. The van der Waals surface area contributed by atoms with E-state index < -0.39 is 22.2 Å². The number of hydrogen-bond acceptors (Lipinski definition) is 7. The molecule has 4 rings (SSSR count). The molecule has 0 bridgehead atoms. The van der Waals surface area contributed by atoms with Crippen LogP contribution in [0.25, 0.3) is 0 Å². The van der Waals surface area contributed by atoms with Gasteiger partial charge in [0.15, 0.2) is 0 Å². The number of halogens is 1. The fraction of sp³-hybridized carbons (Fsp3) is 0.529. The van der Waals surface area contributed by atoms with Gasteiger partial charge in [0.05, 0.1) is 19.2 Å². The molecule has 10 heteroatoms. The maximum absolute atomic E-state index is 14.0. The molecule has 0 aliphatic carbocycles. The number of rotatable bonds is 5. The molecule has 2 aliphatic heterocycles. The average molecular weight is 396 g/mol. The fourth-order valence-corrected chi connectivity index (χ4v) is 5.00. The van der Waals surface area contributed by atoms with E-state index in [2.05, 4.69) is 10.2 Å². The summed E-state index contributed by atoms with van der Waals surface area (Å²) in [7, 11) is -2.28. The van der Waals surface area contributed by atoms with Crippen LogP contribution in [0, 0.1) is 6.92 Å². The van der Waals surface area contributed by atoms with Crippen LogP contribution in [-0.2, 0) is 16.4 Å². The fourth-order valence-electron chi connectivity index (χ4n) is 3.62. The normalized spacial score (nSPS) is 22.3. The van der Waals surface area contributed by atoms with Crippen molar-refractivity contribution >= 4 is 16.0 Å². The van der Waals surface area contributed by atoms with Gasteiger partial charge in [0.25, 0.3) is 0 Å². The summed E-state index contributed by atoms with van der Waals surface area (Å²) >= 11 is 0. The van der Waals surface area contributed by atoms with Crippen molar-refractivity contribution in [2.45, 2.75) is 36.9 Å². The summed E-state index contributed by atoms with van der Waals surface area (Å²) in [5.41, 5.74) is 0.886. The number of hydrogen-bond donors (Lipinski definition) is 0. The van der Waals surface area contributed by atoms with Gasteiger partial charge in [-0.1, -0.05) is 17.2 Å². The number of ether oxygens (including phenoxy) is 1. The van der Waals surface area contributed by atoms with Gasteiger partial charge in [-0.25, -0.2) is 12.8 Å². The molecule has 8 nitrogen and oxygen atoms in total. The van der Waals surface area contributed by atoms with Crippen LogP contribution in [-0.4, -0.2) is 61.9 Å². The number of nitrogens with zero attached hydrogens (tertiary/aromatic N) is 4. The minimum absolute atomic E-state index is 0.101. The second-order valence-electron chi connectivity index (χ2n) is 6.87. The highest BCUT2D eigenvalue weighted by molar-refractivity contribution is 7.89. The van der Waals surface area contributed by atoms with Crippen LogP contribution < -0.4 is 9.64 Å². The highest BCUT2D eigenvalue weighted by Gasteiger charge is 2.38. The van der Waals surface area contributed by atoms with Gasteiger partial charge in [0, 0.05) is 33.4 Å². The molecule has 27 heavy (non-hydrogen) atoms. The molecule has 2 aromatic rings. The lowest BCUT2D eigenvalue weighted by atomic mass is 10.2. The lowest BCUT2D eigenvalue weighted by Crippen LogP contribution is -2.41. The van der Waals surface area contributed by atoms with Crippen molar-refractivity contribution in [1.82, 2.24) is 14.5 Å². The Morgan fingerprint density at radius 1 is 1.37 bits per heavy atom. The Labute approximate surface area is 157 Å². The molecule has 0 unspecified atom stereocenters. The Kier molecular flexibility index (Phi) is 4.55. The third-order valence-corrected chi connectivity index (χ3v) is 6.81. The zero-order valence-electron chi connectivity index (χ0n) is 15.1. The Morgan fingerprint density at radius 3 is 2.93 bits per heavy atom. The number of anilines is 1. The van der Waals surface area contributed by atoms with Crippen molar-refractivity contribution in [3.8, 4) is 5.75 Å². The van der Waals surface area contributed by atoms with Crippen molar-refractivity contribution in [2.75, 3.05) is 31.6 Å². The van der Waals surface area contributed by atoms with E-state index >= 15 is 0 Å². The van der Waals surface area contributed by atoms with Gasteiger partial charge in [-0.2, -0.15) is 4.31 Å². The van der Waals surface area contributed by atoms with Crippen molar-refractivity contribution in [1.29, 1.82) is 0 Å². The molecule has 3 heterocycles. The number of aromatic nitrogens is 2. The molecule has 1 aromatic carbocycles. The van der Waals surface area contributed by atoms with Gasteiger partial charge < -0.3 is 14.1 Å². The summed E-state index contributed by atoms with van der Waals surface area (Å²) in [6.45, 7) is 2.33. The first-order chi connectivity index (χ1) is 12.9. The quantitative estimate of drug-likeness (QED) is 0.758. The average Bonchev–Trinajstić information content (AvgIpc) is 3.33. The topological polar surface area (TPSA) is 88.8 Å². The Balaban J connectivity index is 1.57. The lowest BCUT2D eigenvalue weighted by molar-refractivity contribution is 0.341. The Bertz CT molecular complexity index is 948. The van der Waals surface area contributed by atoms with Gasteiger partial charge in [-0.3, -0.25) is 0 Å². The van der Waals surface area contributed by atoms with E-state index in [4.69, 9.17) is 9.15 Å². The zero-order chi connectivity index (χ0) is 19.2. The van der Waals surface area contributed by atoms with Crippen molar-refractivity contribution in [3.05, 3.63) is 29.7 Å². The van der Waals surface area contributed by atoms with Crippen molar-refractivity contribution < 1.29 is 22.0 Å². The number of likely N-dealkylation sites (N-methyl/N-ethyl adjacent to an activating group) is 1. The first kappa shape index (κ1) is 18.2. The Hall–Kier alpha value is -2.20. The van der Waals surface area contributed by atoms with Gasteiger partial charge in [0.2, 0.25) is 15.9 Å². The molecule has 0 N–H and O–H groups in total.